The second kappa shape index (κ2) is 3.79. The summed E-state index contributed by atoms with van der Waals surface area (Å²) in [5.74, 6) is -0.296. The average Bonchev–Trinajstić information content (AvgIpc) is 2.87. The first-order chi connectivity index (χ1) is 5.79. The Labute approximate surface area is 83.0 Å². The summed E-state index contributed by atoms with van der Waals surface area (Å²) in [6.45, 7) is 0. The third-order valence-corrected chi connectivity index (χ3v) is 2.21. The van der Waals surface area contributed by atoms with E-state index in [0.717, 1.165) is 18.4 Å². The van der Waals surface area contributed by atoms with Crippen molar-refractivity contribution in [2.75, 3.05) is 0 Å². The predicted molar refractivity (Wildman–Crippen MR) is 52.6 cm³/mol. The standard InChI is InChI=1S/C10H10O2.ClH/c11-10(12)9-4-2-1-3-8(9)7-5-6-7;/h1-4,7H,5-6H2,(H,11,12);1H. The van der Waals surface area contributed by atoms with Gasteiger partial charge in [0.15, 0.2) is 0 Å². The Kier molecular flexibility index (Phi) is 2.94. The van der Waals surface area contributed by atoms with Gasteiger partial charge in [0.1, 0.15) is 0 Å². The Morgan fingerprint density at radius 1 is 1.31 bits per heavy atom. The molecule has 0 aliphatic heterocycles. The monoisotopic (exact) mass is 198 g/mol. The summed E-state index contributed by atoms with van der Waals surface area (Å²) in [5.41, 5.74) is 1.48. The number of benzene rings is 1. The second-order valence-corrected chi connectivity index (χ2v) is 3.17. The normalized spacial score (nSPS) is 14.8. The van der Waals surface area contributed by atoms with Gasteiger partial charge in [-0.25, -0.2) is 4.79 Å². The van der Waals surface area contributed by atoms with Gasteiger partial charge >= 0.3 is 5.97 Å². The number of carboxylic acids is 1. The minimum atomic E-state index is -0.808. The Hall–Kier alpha value is -1.02. The summed E-state index contributed by atoms with van der Waals surface area (Å²) in [4.78, 5) is 10.8. The largest absolute Gasteiger partial charge is 0.478 e. The molecule has 0 unspecified atom stereocenters. The van der Waals surface area contributed by atoms with Crippen LogP contribution in [0.15, 0.2) is 24.3 Å². The summed E-state index contributed by atoms with van der Waals surface area (Å²) < 4.78 is 0. The summed E-state index contributed by atoms with van der Waals surface area (Å²) in [6, 6.07) is 7.27. The van der Waals surface area contributed by atoms with Crippen LogP contribution in [0.4, 0.5) is 0 Å². The van der Waals surface area contributed by atoms with Gasteiger partial charge in [-0.3, -0.25) is 0 Å². The topological polar surface area (TPSA) is 37.3 Å². The van der Waals surface area contributed by atoms with E-state index in [0.29, 0.717) is 11.5 Å². The molecular weight excluding hydrogens is 188 g/mol. The van der Waals surface area contributed by atoms with Crippen molar-refractivity contribution in [3.05, 3.63) is 35.4 Å². The van der Waals surface area contributed by atoms with Crippen molar-refractivity contribution in [3.63, 3.8) is 0 Å². The van der Waals surface area contributed by atoms with Gasteiger partial charge in [0, 0.05) is 0 Å². The molecule has 0 bridgehead atoms. The minimum absolute atomic E-state index is 0. The lowest BCUT2D eigenvalue weighted by molar-refractivity contribution is 0.0695. The number of hydrogen-bond acceptors (Lipinski definition) is 1. The van der Waals surface area contributed by atoms with E-state index in [2.05, 4.69) is 0 Å². The Morgan fingerprint density at radius 2 is 1.92 bits per heavy atom. The zero-order chi connectivity index (χ0) is 8.55. The van der Waals surface area contributed by atoms with Crippen LogP contribution < -0.4 is 0 Å². The van der Waals surface area contributed by atoms with Crippen LogP contribution in [0.1, 0.15) is 34.7 Å². The average molecular weight is 199 g/mol. The molecule has 2 rings (SSSR count). The van der Waals surface area contributed by atoms with Crippen LogP contribution >= 0.6 is 12.4 Å². The highest BCUT2D eigenvalue weighted by molar-refractivity contribution is 5.89. The maximum Gasteiger partial charge on any atom is 0.335 e. The van der Waals surface area contributed by atoms with Crippen LogP contribution in [0.3, 0.4) is 0 Å². The van der Waals surface area contributed by atoms with E-state index in [1.807, 2.05) is 12.1 Å². The molecule has 1 aromatic carbocycles. The van der Waals surface area contributed by atoms with Crippen LogP contribution in [-0.2, 0) is 0 Å². The fourth-order valence-electron chi connectivity index (χ4n) is 1.44. The summed E-state index contributed by atoms with van der Waals surface area (Å²) >= 11 is 0. The molecule has 70 valence electrons. The molecule has 3 heteroatoms. The molecule has 0 aromatic heterocycles. The number of rotatable bonds is 2. The highest BCUT2D eigenvalue weighted by atomic mass is 35.5. The van der Waals surface area contributed by atoms with E-state index in [4.69, 9.17) is 5.11 Å². The van der Waals surface area contributed by atoms with Crippen LogP contribution in [0.2, 0.25) is 0 Å². The molecular formula is C10H11ClO2. The van der Waals surface area contributed by atoms with E-state index in [-0.39, 0.29) is 12.4 Å². The molecule has 0 spiro atoms. The highest BCUT2D eigenvalue weighted by Crippen LogP contribution is 2.41. The number of aromatic carboxylic acids is 1. The van der Waals surface area contributed by atoms with Gasteiger partial charge in [0.25, 0.3) is 0 Å². The van der Waals surface area contributed by atoms with Crippen LogP contribution in [0.25, 0.3) is 0 Å². The Balaban J connectivity index is 0.000000845. The predicted octanol–water partition coefficient (Wildman–Crippen LogP) is 2.68. The first-order valence-electron chi connectivity index (χ1n) is 4.11. The van der Waals surface area contributed by atoms with E-state index in [9.17, 15) is 4.79 Å². The fourth-order valence-corrected chi connectivity index (χ4v) is 1.44. The summed E-state index contributed by atoms with van der Waals surface area (Å²) in [7, 11) is 0. The van der Waals surface area contributed by atoms with Crippen molar-refractivity contribution in [2.45, 2.75) is 18.8 Å². The van der Waals surface area contributed by atoms with Gasteiger partial charge in [-0.2, -0.15) is 0 Å². The van der Waals surface area contributed by atoms with Crippen molar-refractivity contribution >= 4 is 18.4 Å². The molecule has 1 saturated carbocycles. The van der Waals surface area contributed by atoms with Crippen molar-refractivity contribution in [3.8, 4) is 0 Å². The molecule has 13 heavy (non-hydrogen) atoms. The first kappa shape index (κ1) is 10.1. The zero-order valence-electron chi connectivity index (χ0n) is 7.06. The van der Waals surface area contributed by atoms with Gasteiger partial charge < -0.3 is 5.11 Å². The molecule has 0 amide bonds. The number of carbonyl (C=O) groups is 1. The smallest absolute Gasteiger partial charge is 0.335 e. The molecule has 1 fully saturated rings. The van der Waals surface area contributed by atoms with E-state index in [1.54, 1.807) is 12.1 Å². The van der Waals surface area contributed by atoms with Crippen LogP contribution in [0.5, 0.6) is 0 Å². The summed E-state index contributed by atoms with van der Waals surface area (Å²) in [6.07, 6.45) is 2.29. The van der Waals surface area contributed by atoms with Crippen molar-refractivity contribution in [1.82, 2.24) is 0 Å². The molecule has 1 aliphatic rings. The van der Waals surface area contributed by atoms with Crippen molar-refractivity contribution in [1.29, 1.82) is 0 Å². The van der Waals surface area contributed by atoms with E-state index >= 15 is 0 Å². The lowest BCUT2D eigenvalue weighted by Gasteiger charge is -2.01. The van der Waals surface area contributed by atoms with Crippen LogP contribution in [-0.4, -0.2) is 11.1 Å². The fraction of sp³-hybridized carbons (Fsp3) is 0.300. The molecule has 1 N–H and O–H groups in total. The van der Waals surface area contributed by atoms with Crippen molar-refractivity contribution in [2.24, 2.45) is 0 Å². The minimum Gasteiger partial charge on any atom is -0.478 e. The van der Waals surface area contributed by atoms with Crippen LogP contribution in [0, 0.1) is 0 Å². The quantitative estimate of drug-likeness (QED) is 0.794. The summed E-state index contributed by atoms with van der Waals surface area (Å²) in [5, 5.41) is 8.84. The molecule has 0 saturated heterocycles. The Bertz CT molecular complexity index is 318. The second-order valence-electron chi connectivity index (χ2n) is 3.17. The lowest BCUT2D eigenvalue weighted by Crippen LogP contribution is -2.00. The molecule has 1 aromatic rings. The molecule has 1 aliphatic carbocycles. The highest BCUT2D eigenvalue weighted by Gasteiger charge is 2.27. The number of carboxylic acid groups (broad SMARTS) is 1. The van der Waals surface area contributed by atoms with Gasteiger partial charge in [-0.05, 0) is 30.4 Å². The molecule has 0 radical (unpaired) electrons. The SMILES string of the molecule is Cl.O=C(O)c1ccccc1C1CC1. The van der Waals surface area contributed by atoms with Crippen molar-refractivity contribution < 1.29 is 9.90 Å². The molecule has 0 heterocycles. The van der Waals surface area contributed by atoms with E-state index in [1.165, 1.54) is 0 Å². The maximum atomic E-state index is 10.8. The zero-order valence-corrected chi connectivity index (χ0v) is 7.88. The number of hydrogen-bond donors (Lipinski definition) is 1. The van der Waals surface area contributed by atoms with Gasteiger partial charge in [0.2, 0.25) is 0 Å². The van der Waals surface area contributed by atoms with Gasteiger partial charge in [-0.1, -0.05) is 18.2 Å². The number of halogens is 1. The third kappa shape index (κ3) is 2.01. The maximum absolute atomic E-state index is 10.8. The first-order valence-corrected chi connectivity index (χ1v) is 4.11. The molecule has 0 atom stereocenters. The van der Waals surface area contributed by atoms with Gasteiger partial charge in [-0.15, -0.1) is 12.4 Å². The van der Waals surface area contributed by atoms with E-state index < -0.39 is 5.97 Å². The van der Waals surface area contributed by atoms with Gasteiger partial charge in [0.05, 0.1) is 5.56 Å². The molecule has 2 nitrogen and oxygen atoms in total. The third-order valence-electron chi connectivity index (χ3n) is 2.21. The lowest BCUT2D eigenvalue weighted by atomic mass is 10.0. The Morgan fingerprint density at radius 3 is 2.46 bits per heavy atom.